The molecule has 2 nitrogen and oxygen atoms in total. The molecule has 4 aromatic rings. The topological polar surface area (TPSA) is 32.6 Å². The van der Waals surface area contributed by atoms with Crippen LogP contribution >= 0.6 is 33.5 Å². The Balaban J connectivity index is 0.00000103. The molecule has 0 bridgehead atoms. The minimum atomic E-state index is -2.13. The van der Waals surface area contributed by atoms with E-state index in [0.717, 1.165) is 16.8 Å². The van der Waals surface area contributed by atoms with Crippen molar-refractivity contribution in [2.45, 2.75) is 52.4 Å². The van der Waals surface area contributed by atoms with Gasteiger partial charge in [-0.25, -0.2) is 0 Å². The molecule has 0 aliphatic rings. The van der Waals surface area contributed by atoms with Crippen LogP contribution in [0.2, 0.25) is 0 Å². The predicted octanol–water partition coefficient (Wildman–Crippen LogP) is 9.29. The summed E-state index contributed by atoms with van der Waals surface area (Å²) in [5, 5.41) is 15.1. The van der Waals surface area contributed by atoms with Gasteiger partial charge in [-0.05, 0) is 58.9 Å². The maximum atomic E-state index is 11.2. The molecule has 0 amide bonds. The van der Waals surface area contributed by atoms with Crippen LogP contribution in [0.3, 0.4) is 0 Å². The summed E-state index contributed by atoms with van der Waals surface area (Å²) < 4.78 is 0. The predicted molar refractivity (Wildman–Crippen MR) is 177 cm³/mol. The second-order valence-electron chi connectivity index (χ2n) is 11.6. The Bertz CT molecular complexity index is 1370. The number of halogens is 3. The molecule has 4 aromatic carbocycles. The molecule has 1 N–H and O–H groups in total. The molecule has 40 heavy (non-hydrogen) atoms. The Labute approximate surface area is 259 Å². The summed E-state index contributed by atoms with van der Waals surface area (Å²) in [5.41, 5.74) is 3.63. The first kappa shape index (κ1) is 33.0. The zero-order chi connectivity index (χ0) is 29.5. The number of rotatable bonds is 5. The zero-order valence-corrected chi connectivity index (χ0v) is 29.6. The molecule has 0 saturated carbocycles. The van der Waals surface area contributed by atoms with Gasteiger partial charge >= 0.3 is 43.7 Å². The van der Waals surface area contributed by atoms with Gasteiger partial charge in [-0.2, -0.15) is 0 Å². The third kappa shape index (κ3) is 9.27. The average molecular weight is 692 g/mol. The van der Waals surface area contributed by atoms with E-state index in [9.17, 15) is 5.11 Å². The average Bonchev–Trinajstić information content (AvgIpc) is 2.88. The summed E-state index contributed by atoms with van der Waals surface area (Å²) in [6.45, 7) is 13.0. The number of nitrogens with zero attached hydrogens (tertiary/aromatic N) is 1. The first-order chi connectivity index (χ1) is 18.8. The second kappa shape index (κ2) is 14.6. The number of hydrogen-bond acceptors (Lipinski definition) is 2. The van der Waals surface area contributed by atoms with E-state index in [1.54, 1.807) is 0 Å². The molecule has 0 aliphatic carbocycles. The number of phenols is 1. The van der Waals surface area contributed by atoms with Gasteiger partial charge in [0.05, 0.1) is 0 Å². The molecule has 0 unspecified atom stereocenters. The van der Waals surface area contributed by atoms with Gasteiger partial charge in [-0.1, -0.05) is 96.1 Å². The molecule has 0 saturated heterocycles. The molecule has 0 atom stereocenters. The summed E-state index contributed by atoms with van der Waals surface area (Å²) in [4.78, 5) is 5.00. The Kier molecular flexibility index (Phi) is 12.1. The van der Waals surface area contributed by atoms with Crippen molar-refractivity contribution in [1.29, 1.82) is 0 Å². The summed E-state index contributed by atoms with van der Waals surface area (Å²) in [7, 11) is 13.7. The SMILES string of the molecule is CC(C)(C)c1cc(C=Nc2ccccc2[PH+](c2ccccc2)c2ccccc2)c(O)c(C(C)(C)C)c1.[Cl][Zr]([Cl])[Cl]. The first-order valence-corrected chi connectivity index (χ1v) is 24.1. The van der Waals surface area contributed by atoms with Crippen molar-refractivity contribution in [3.63, 3.8) is 0 Å². The molecule has 209 valence electrons. The van der Waals surface area contributed by atoms with Crippen molar-refractivity contribution in [2.75, 3.05) is 0 Å². The molecule has 0 spiro atoms. The van der Waals surface area contributed by atoms with Gasteiger partial charge in [0.2, 0.25) is 0 Å². The third-order valence-corrected chi connectivity index (χ3v) is 9.24. The quantitative estimate of drug-likeness (QED) is 0.164. The van der Waals surface area contributed by atoms with Crippen LogP contribution in [-0.4, -0.2) is 11.3 Å². The van der Waals surface area contributed by atoms with Crippen LogP contribution in [-0.2, 0) is 29.0 Å². The summed E-state index contributed by atoms with van der Waals surface area (Å²) >= 11 is -2.13. The van der Waals surface area contributed by atoms with Crippen molar-refractivity contribution in [3.05, 3.63) is 114 Å². The van der Waals surface area contributed by atoms with Gasteiger partial charge in [0, 0.05) is 17.3 Å². The summed E-state index contributed by atoms with van der Waals surface area (Å²) in [6, 6.07) is 34.1. The van der Waals surface area contributed by atoms with Gasteiger partial charge in [0.1, 0.15) is 35.3 Å². The Hall–Kier alpha value is -1.47. The van der Waals surface area contributed by atoms with Crippen molar-refractivity contribution in [2.24, 2.45) is 4.99 Å². The van der Waals surface area contributed by atoms with Crippen LogP contribution in [0.15, 0.2) is 102 Å². The minimum absolute atomic E-state index is 0.0367. The maximum absolute atomic E-state index is 11.2. The Morgan fingerprint density at radius 3 is 1.65 bits per heavy atom. The van der Waals surface area contributed by atoms with Crippen molar-refractivity contribution in [1.82, 2.24) is 0 Å². The molecular formula is C33H37Cl3NOPZr+. The summed E-state index contributed by atoms with van der Waals surface area (Å²) in [5.74, 6) is 0.313. The molecular weight excluding hydrogens is 655 g/mol. The normalized spacial score (nSPS) is 11.8. The van der Waals surface area contributed by atoms with E-state index >= 15 is 0 Å². The van der Waals surface area contributed by atoms with E-state index in [1.807, 2.05) is 12.3 Å². The van der Waals surface area contributed by atoms with Gasteiger partial charge in [0.25, 0.3) is 0 Å². The van der Waals surface area contributed by atoms with Crippen LogP contribution in [0.25, 0.3) is 0 Å². The van der Waals surface area contributed by atoms with Crippen LogP contribution < -0.4 is 15.9 Å². The Morgan fingerprint density at radius 1 is 0.700 bits per heavy atom. The zero-order valence-electron chi connectivity index (χ0n) is 23.8. The van der Waals surface area contributed by atoms with E-state index in [0.29, 0.717) is 5.75 Å². The van der Waals surface area contributed by atoms with Gasteiger partial charge < -0.3 is 5.11 Å². The van der Waals surface area contributed by atoms with E-state index in [4.69, 9.17) is 30.5 Å². The van der Waals surface area contributed by atoms with Crippen LogP contribution in [0.5, 0.6) is 5.75 Å². The number of aliphatic imine (C=N–C) groups is 1. The van der Waals surface area contributed by atoms with Crippen LogP contribution in [0.4, 0.5) is 5.69 Å². The molecule has 0 radical (unpaired) electrons. The first-order valence-electron chi connectivity index (χ1n) is 13.1. The number of aromatic hydroxyl groups is 1. The molecule has 0 aromatic heterocycles. The van der Waals surface area contributed by atoms with E-state index in [1.165, 1.54) is 21.5 Å². The van der Waals surface area contributed by atoms with Crippen molar-refractivity contribution >= 4 is 61.3 Å². The molecule has 0 fully saturated rings. The molecule has 7 heteroatoms. The van der Waals surface area contributed by atoms with E-state index in [2.05, 4.69) is 133 Å². The number of para-hydroxylation sites is 1. The van der Waals surface area contributed by atoms with Gasteiger partial charge in [-0.3, -0.25) is 4.99 Å². The second-order valence-corrected chi connectivity index (χ2v) is 25.2. The number of phenolic OH excluding ortho intramolecular Hbond substituents is 1. The molecule has 4 rings (SSSR count). The van der Waals surface area contributed by atoms with Crippen molar-refractivity contribution in [3.8, 4) is 5.75 Å². The fourth-order valence-corrected chi connectivity index (χ4v) is 7.06. The van der Waals surface area contributed by atoms with E-state index < -0.39 is 26.1 Å². The van der Waals surface area contributed by atoms with Crippen LogP contribution in [0, 0.1) is 0 Å². The van der Waals surface area contributed by atoms with E-state index in [-0.39, 0.29) is 10.8 Å². The standard InChI is InChI=1S/C33H36NOP.3ClH.Zr/c1-32(2,3)25-21-24(31(35)28(22-25)33(4,5)6)23-34-29-19-13-14-20-30(29)36(26-15-9-7-10-16-26)27-17-11-8-12-18-27;;;;/h7-23,35H,1-6H3;3*1H;/q;;;;+3/p-2. The third-order valence-electron chi connectivity index (χ3n) is 6.45. The fourth-order valence-electron chi connectivity index (χ4n) is 4.38. The number of benzene rings is 4. The fraction of sp³-hybridized carbons (Fsp3) is 0.242. The molecule has 0 heterocycles. The van der Waals surface area contributed by atoms with Gasteiger partial charge in [0.15, 0.2) is 0 Å². The summed E-state index contributed by atoms with van der Waals surface area (Å²) in [6.07, 6.45) is 1.84. The monoisotopic (exact) mass is 689 g/mol. The van der Waals surface area contributed by atoms with Gasteiger partial charge in [-0.15, -0.1) is 0 Å². The molecule has 0 aliphatic heterocycles. The number of hydrogen-bond donors (Lipinski definition) is 1. The van der Waals surface area contributed by atoms with Crippen LogP contribution in [0.1, 0.15) is 58.2 Å². The van der Waals surface area contributed by atoms with Crippen molar-refractivity contribution < 1.29 is 23.3 Å². The Morgan fingerprint density at radius 2 is 1.18 bits per heavy atom.